The first kappa shape index (κ1) is 15.9. The molecular formula is C13H26N2O2S2. The monoisotopic (exact) mass is 306 g/mol. The first-order valence-corrected chi connectivity index (χ1v) is 9.43. The van der Waals surface area contributed by atoms with Gasteiger partial charge in [0.05, 0.1) is 23.3 Å². The molecule has 4 atom stereocenters. The van der Waals surface area contributed by atoms with Crippen LogP contribution in [0.5, 0.6) is 0 Å². The Balaban J connectivity index is 1.59. The van der Waals surface area contributed by atoms with Crippen LogP contribution in [0.4, 0.5) is 0 Å². The zero-order valence-corrected chi connectivity index (χ0v) is 13.4. The van der Waals surface area contributed by atoms with Gasteiger partial charge in [-0.15, -0.1) is 0 Å². The smallest absolute Gasteiger partial charge is 0.0885 e. The second-order valence-corrected chi connectivity index (χ2v) is 7.51. The molecule has 2 saturated carbocycles. The number of rotatable bonds is 7. The standard InChI is InChI=1S/C13H26N2O2S2/c1-9(2)14-11-6-4-8-13(11)17-19-18-15-10-5-3-7-12(10)16/h9-16H,3-8H2,1-2H3/t10-,11?,12-,13?/m0/s1. The van der Waals surface area contributed by atoms with Gasteiger partial charge in [-0.1, -0.05) is 13.8 Å². The van der Waals surface area contributed by atoms with Crippen LogP contribution >= 0.6 is 22.1 Å². The van der Waals surface area contributed by atoms with Crippen LogP contribution in [0, 0.1) is 0 Å². The third-order valence-corrected chi connectivity index (χ3v) is 5.40. The highest BCUT2D eigenvalue weighted by molar-refractivity contribution is 8.74. The van der Waals surface area contributed by atoms with E-state index in [9.17, 15) is 5.11 Å². The Hall–Kier alpha value is 0.540. The van der Waals surface area contributed by atoms with Gasteiger partial charge in [0.1, 0.15) is 0 Å². The molecule has 19 heavy (non-hydrogen) atoms. The lowest BCUT2D eigenvalue weighted by molar-refractivity contribution is 0.160. The van der Waals surface area contributed by atoms with Crippen LogP contribution in [-0.2, 0) is 4.18 Å². The fourth-order valence-corrected chi connectivity index (χ4v) is 4.61. The Labute approximate surface area is 124 Å². The molecule has 0 amide bonds. The molecule has 0 aromatic rings. The summed E-state index contributed by atoms with van der Waals surface area (Å²) in [4.78, 5) is 0. The molecule has 0 aliphatic heterocycles. The maximum Gasteiger partial charge on any atom is 0.0885 e. The minimum Gasteiger partial charge on any atom is -0.391 e. The number of nitrogens with one attached hydrogen (secondary N) is 2. The molecule has 0 spiro atoms. The fraction of sp³-hybridized carbons (Fsp3) is 1.00. The number of aliphatic hydroxyl groups excluding tert-OH is 1. The zero-order valence-electron chi connectivity index (χ0n) is 11.8. The van der Waals surface area contributed by atoms with Crippen molar-refractivity contribution in [1.82, 2.24) is 10.0 Å². The average Bonchev–Trinajstić information content (AvgIpc) is 2.94. The summed E-state index contributed by atoms with van der Waals surface area (Å²) in [6.45, 7) is 4.36. The van der Waals surface area contributed by atoms with Crippen molar-refractivity contribution in [2.45, 2.75) is 82.7 Å². The molecule has 2 aliphatic rings. The van der Waals surface area contributed by atoms with Crippen molar-refractivity contribution in [2.24, 2.45) is 0 Å². The molecule has 2 unspecified atom stereocenters. The third kappa shape index (κ3) is 5.10. The SMILES string of the molecule is CC(C)NC1CCCC1OSSN[C@H]1CCC[C@@H]1O. The van der Waals surface area contributed by atoms with Crippen molar-refractivity contribution in [3.8, 4) is 0 Å². The van der Waals surface area contributed by atoms with Gasteiger partial charge in [0, 0.05) is 29.1 Å². The normalized spacial score (nSPS) is 35.4. The largest absolute Gasteiger partial charge is 0.391 e. The molecule has 112 valence electrons. The van der Waals surface area contributed by atoms with Gasteiger partial charge < -0.3 is 10.4 Å². The Kier molecular flexibility index (Phi) is 6.79. The lowest BCUT2D eigenvalue weighted by Crippen LogP contribution is -2.40. The van der Waals surface area contributed by atoms with Gasteiger partial charge in [-0.05, 0) is 38.5 Å². The lowest BCUT2D eigenvalue weighted by Gasteiger charge is -2.22. The molecule has 4 nitrogen and oxygen atoms in total. The summed E-state index contributed by atoms with van der Waals surface area (Å²) >= 11 is 1.42. The molecule has 0 aromatic heterocycles. The van der Waals surface area contributed by atoms with E-state index in [1.54, 1.807) is 0 Å². The van der Waals surface area contributed by atoms with E-state index in [2.05, 4.69) is 23.9 Å². The highest BCUT2D eigenvalue weighted by atomic mass is 33.1. The van der Waals surface area contributed by atoms with Crippen LogP contribution in [-0.4, -0.2) is 35.4 Å². The highest BCUT2D eigenvalue weighted by Crippen LogP contribution is 2.31. The molecule has 6 heteroatoms. The number of aliphatic hydroxyl groups is 1. The minimum atomic E-state index is -0.185. The Morgan fingerprint density at radius 3 is 2.53 bits per heavy atom. The highest BCUT2D eigenvalue weighted by Gasteiger charge is 2.29. The van der Waals surface area contributed by atoms with E-state index in [-0.39, 0.29) is 12.1 Å². The van der Waals surface area contributed by atoms with Crippen molar-refractivity contribution in [2.75, 3.05) is 0 Å². The van der Waals surface area contributed by atoms with E-state index in [0.29, 0.717) is 18.2 Å². The predicted octanol–water partition coefficient (Wildman–Crippen LogP) is 2.64. The van der Waals surface area contributed by atoms with E-state index in [1.165, 1.54) is 34.9 Å². The van der Waals surface area contributed by atoms with Gasteiger partial charge in [-0.2, -0.15) is 0 Å². The number of hydrogen-bond donors (Lipinski definition) is 3. The quantitative estimate of drug-likeness (QED) is 0.291. The molecule has 0 radical (unpaired) electrons. The molecule has 2 rings (SSSR count). The summed E-state index contributed by atoms with van der Waals surface area (Å²) in [6.07, 6.45) is 6.84. The zero-order chi connectivity index (χ0) is 13.7. The maximum absolute atomic E-state index is 9.71. The second kappa shape index (κ2) is 8.10. The van der Waals surface area contributed by atoms with Gasteiger partial charge in [-0.25, -0.2) is 4.72 Å². The molecule has 0 heterocycles. The van der Waals surface area contributed by atoms with E-state index >= 15 is 0 Å². The summed E-state index contributed by atoms with van der Waals surface area (Å²) in [6, 6.07) is 1.23. The van der Waals surface area contributed by atoms with Gasteiger partial charge in [0.25, 0.3) is 0 Å². The molecule has 0 saturated heterocycles. The average molecular weight is 306 g/mol. The van der Waals surface area contributed by atoms with Crippen LogP contribution in [0.25, 0.3) is 0 Å². The second-order valence-electron chi connectivity index (χ2n) is 5.87. The lowest BCUT2D eigenvalue weighted by atomic mass is 10.2. The van der Waals surface area contributed by atoms with Crippen LogP contribution < -0.4 is 10.0 Å². The summed E-state index contributed by atoms with van der Waals surface area (Å²) < 4.78 is 9.18. The van der Waals surface area contributed by atoms with Crippen LogP contribution in [0.15, 0.2) is 0 Å². The number of hydrogen-bond acceptors (Lipinski definition) is 6. The Morgan fingerprint density at radius 1 is 1.11 bits per heavy atom. The summed E-state index contributed by atoms with van der Waals surface area (Å²) in [5.74, 6) is 0. The van der Waals surface area contributed by atoms with Gasteiger partial charge in [0.2, 0.25) is 0 Å². The molecule has 0 bridgehead atoms. The first-order valence-electron chi connectivity index (χ1n) is 7.35. The topological polar surface area (TPSA) is 53.5 Å². The van der Waals surface area contributed by atoms with Gasteiger partial charge in [-0.3, -0.25) is 4.18 Å². The van der Waals surface area contributed by atoms with Crippen molar-refractivity contribution >= 4 is 22.1 Å². The Morgan fingerprint density at radius 2 is 1.84 bits per heavy atom. The summed E-state index contributed by atoms with van der Waals surface area (Å²) in [5.41, 5.74) is 0. The van der Waals surface area contributed by atoms with Gasteiger partial charge >= 0.3 is 0 Å². The molecule has 2 aliphatic carbocycles. The third-order valence-electron chi connectivity index (χ3n) is 3.88. The van der Waals surface area contributed by atoms with E-state index in [1.807, 2.05) is 0 Å². The maximum atomic E-state index is 9.71. The Bertz CT molecular complexity index is 269. The van der Waals surface area contributed by atoms with E-state index in [4.69, 9.17) is 4.18 Å². The van der Waals surface area contributed by atoms with E-state index < -0.39 is 0 Å². The minimum absolute atomic E-state index is 0.185. The molecule has 0 aromatic carbocycles. The van der Waals surface area contributed by atoms with Crippen LogP contribution in [0.2, 0.25) is 0 Å². The summed E-state index contributed by atoms with van der Waals surface area (Å²) in [5, 5.41) is 13.3. The van der Waals surface area contributed by atoms with Crippen molar-refractivity contribution in [3.63, 3.8) is 0 Å². The van der Waals surface area contributed by atoms with Crippen molar-refractivity contribution in [3.05, 3.63) is 0 Å². The molecule has 3 N–H and O–H groups in total. The first-order chi connectivity index (χ1) is 9.16. The van der Waals surface area contributed by atoms with Crippen LogP contribution in [0.3, 0.4) is 0 Å². The van der Waals surface area contributed by atoms with E-state index in [0.717, 1.165) is 25.7 Å². The van der Waals surface area contributed by atoms with Crippen LogP contribution in [0.1, 0.15) is 52.4 Å². The van der Waals surface area contributed by atoms with Gasteiger partial charge in [0.15, 0.2) is 0 Å². The fourth-order valence-electron chi connectivity index (χ4n) is 2.89. The summed E-state index contributed by atoms with van der Waals surface area (Å²) in [7, 11) is 1.52. The molecular weight excluding hydrogens is 280 g/mol. The van der Waals surface area contributed by atoms with Crippen molar-refractivity contribution < 1.29 is 9.29 Å². The molecule has 2 fully saturated rings. The van der Waals surface area contributed by atoms with Crippen molar-refractivity contribution in [1.29, 1.82) is 0 Å². The predicted molar refractivity (Wildman–Crippen MR) is 82.7 cm³/mol.